The zero-order chi connectivity index (χ0) is 21.4. The van der Waals surface area contributed by atoms with Crippen molar-refractivity contribution in [2.24, 2.45) is 0 Å². The van der Waals surface area contributed by atoms with Gasteiger partial charge in [0.05, 0.1) is 25.7 Å². The van der Waals surface area contributed by atoms with E-state index in [9.17, 15) is 18.0 Å². The normalized spacial score (nSPS) is 17.8. The van der Waals surface area contributed by atoms with E-state index in [1.165, 1.54) is 24.2 Å². The predicted octanol–water partition coefficient (Wildman–Crippen LogP) is 1.69. The van der Waals surface area contributed by atoms with Crippen molar-refractivity contribution in [1.82, 2.24) is 4.90 Å². The highest BCUT2D eigenvalue weighted by Crippen LogP contribution is 2.25. The van der Waals surface area contributed by atoms with E-state index < -0.39 is 28.3 Å². The van der Waals surface area contributed by atoms with Gasteiger partial charge >= 0.3 is 5.97 Å². The highest BCUT2D eigenvalue weighted by Gasteiger charge is 2.34. The molecule has 1 amide bonds. The second kappa shape index (κ2) is 10.3. The minimum absolute atomic E-state index is 0.0378. The Bertz CT molecular complexity index is 864. The molecule has 1 aromatic carbocycles. The number of hydrogen-bond donors (Lipinski definition) is 0. The fraction of sp³-hybridized carbons (Fsp3) is 0.500. The van der Waals surface area contributed by atoms with E-state index in [0.29, 0.717) is 36.4 Å². The van der Waals surface area contributed by atoms with Crippen LogP contribution in [0.2, 0.25) is 0 Å². The van der Waals surface area contributed by atoms with Gasteiger partial charge in [0.25, 0.3) is 5.91 Å². The Kier molecular flexibility index (Phi) is 8.07. The van der Waals surface area contributed by atoms with E-state index in [4.69, 9.17) is 14.2 Å². The molecule has 0 unspecified atom stereocenters. The van der Waals surface area contributed by atoms with Crippen molar-refractivity contribution in [1.29, 1.82) is 0 Å². The van der Waals surface area contributed by atoms with Crippen LogP contribution < -0.4 is 9.47 Å². The van der Waals surface area contributed by atoms with Crippen LogP contribution in [-0.4, -0.2) is 70.1 Å². The van der Waals surface area contributed by atoms with Crippen LogP contribution in [0.3, 0.4) is 0 Å². The zero-order valence-electron chi connectivity index (χ0n) is 16.9. The maximum absolute atomic E-state index is 12.5. The number of carbonyl (C=O) groups is 2. The molecule has 1 atom stereocenters. The van der Waals surface area contributed by atoms with Gasteiger partial charge in [0.2, 0.25) is 0 Å². The Morgan fingerprint density at radius 1 is 1.24 bits per heavy atom. The fourth-order valence-electron chi connectivity index (χ4n) is 3.15. The molecular formula is C20H27NO7S. The average molecular weight is 426 g/mol. The molecule has 1 fully saturated rings. The third-order valence-corrected chi connectivity index (χ3v) is 6.36. The van der Waals surface area contributed by atoms with E-state index in [1.54, 1.807) is 25.3 Å². The second-order valence-corrected chi connectivity index (χ2v) is 8.92. The smallest absolute Gasteiger partial charge is 0.331 e. The van der Waals surface area contributed by atoms with E-state index in [1.807, 2.05) is 6.92 Å². The Balaban J connectivity index is 1.95. The molecule has 0 saturated carbocycles. The Morgan fingerprint density at radius 2 is 2.00 bits per heavy atom. The average Bonchev–Trinajstić information content (AvgIpc) is 3.07. The molecule has 0 bridgehead atoms. The topological polar surface area (TPSA) is 99.2 Å². The van der Waals surface area contributed by atoms with E-state index in [2.05, 4.69) is 0 Å². The number of esters is 1. The first kappa shape index (κ1) is 22.7. The summed E-state index contributed by atoms with van der Waals surface area (Å²) in [6, 6.07) is 4.79. The molecule has 0 aromatic heterocycles. The maximum atomic E-state index is 12.5. The van der Waals surface area contributed by atoms with Gasteiger partial charge in [0.1, 0.15) is 11.5 Å². The summed E-state index contributed by atoms with van der Waals surface area (Å²) in [7, 11) is -0.0565. The molecule has 0 N–H and O–H groups in total. The number of amides is 1. The van der Waals surface area contributed by atoms with Gasteiger partial charge in [0, 0.05) is 30.3 Å². The van der Waals surface area contributed by atoms with Crippen LogP contribution in [0.1, 0.15) is 25.3 Å². The van der Waals surface area contributed by atoms with Gasteiger partial charge in [-0.2, -0.15) is 0 Å². The quantitative estimate of drug-likeness (QED) is 0.438. The predicted molar refractivity (Wildman–Crippen MR) is 109 cm³/mol. The number of hydrogen-bond acceptors (Lipinski definition) is 7. The Morgan fingerprint density at radius 3 is 2.59 bits per heavy atom. The molecule has 2 rings (SSSR count). The van der Waals surface area contributed by atoms with Crippen LogP contribution in [-0.2, 0) is 24.2 Å². The molecule has 9 heteroatoms. The molecule has 1 aromatic rings. The van der Waals surface area contributed by atoms with Crippen LogP contribution >= 0.6 is 0 Å². The fourth-order valence-corrected chi connectivity index (χ4v) is 4.88. The zero-order valence-corrected chi connectivity index (χ0v) is 17.7. The molecule has 160 valence electrons. The van der Waals surface area contributed by atoms with E-state index >= 15 is 0 Å². The molecule has 1 saturated heterocycles. The van der Waals surface area contributed by atoms with Crippen molar-refractivity contribution < 1.29 is 32.2 Å². The van der Waals surface area contributed by atoms with Crippen molar-refractivity contribution in [3.05, 3.63) is 29.8 Å². The van der Waals surface area contributed by atoms with Crippen molar-refractivity contribution in [3.8, 4) is 11.5 Å². The highest BCUT2D eigenvalue weighted by atomic mass is 32.2. The summed E-state index contributed by atoms with van der Waals surface area (Å²) in [5.41, 5.74) is 0.653. The van der Waals surface area contributed by atoms with Crippen molar-refractivity contribution in [2.75, 3.05) is 38.9 Å². The molecule has 0 aliphatic carbocycles. The SMILES string of the molecule is CCCN(C(=O)COC(=O)/C=C/c1ccc(OC)cc1OC)[C@@H]1CCS(=O)(=O)C1. The first-order valence-electron chi connectivity index (χ1n) is 9.36. The van der Waals surface area contributed by atoms with Gasteiger partial charge in [-0.3, -0.25) is 4.79 Å². The first-order valence-corrected chi connectivity index (χ1v) is 11.2. The molecular weight excluding hydrogens is 398 g/mol. The Hall–Kier alpha value is -2.55. The summed E-state index contributed by atoms with van der Waals surface area (Å²) >= 11 is 0. The van der Waals surface area contributed by atoms with Gasteiger partial charge in [-0.15, -0.1) is 0 Å². The lowest BCUT2D eigenvalue weighted by atomic mass is 10.2. The molecule has 8 nitrogen and oxygen atoms in total. The molecule has 1 heterocycles. The largest absolute Gasteiger partial charge is 0.497 e. The highest BCUT2D eigenvalue weighted by molar-refractivity contribution is 7.91. The maximum Gasteiger partial charge on any atom is 0.331 e. The summed E-state index contributed by atoms with van der Waals surface area (Å²) in [4.78, 5) is 26.0. The lowest BCUT2D eigenvalue weighted by molar-refractivity contribution is -0.149. The number of sulfone groups is 1. The van der Waals surface area contributed by atoms with Crippen LogP contribution in [0.25, 0.3) is 6.08 Å². The van der Waals surface area contributed by atoms with Crippen molar-refractivity contribution in [2.45, 2.75) is 25.8 Å². The summed E-state index contributed by atoms with van der Waals surface area (Å²) in [5.74, 6) is 0.129. The van der Waals surface area contributed by atoms with Gasteiger partial charge in [-0.25, -0.2) is 13.2 Å². The summed E-state index contributed by atoms with van der Waals surface area (Å²) in [5, 5.41) is 0. The third-order valence-electron chi connectivity index (χ3n) is 4.61. The summed E-state index contributed by atoms with van der Waals surface area (Å²) in [6.07, 6.45) is 3.84. The van der Waals surface area contributed by atoms with Gasteiger partial charge in [-0.05, 0) is 31.1 Å². The minimum Gasteiger partial charge on any atom is -0.497 e. The summed E-state index contributed by atoms with van der Waals surface area (Å²) in [6.45, 7) is 1.90. The van der Waals surface area contributed by atoms with E-state index in [-0.39, 0.29) is 17.5 Å². The van der Waals surface area contributed by atoms with Crippen LogP contribution in [0, 0.1) is 0 Å². The Labute approximate surface area is 171 Å². The number of benzene rings is 1. The van der Waals surface area contributed by atoms with Crippen molar-refractivity contribution >= 4 is 27.8 Å². The number of nitrogens with zero attached hydrogens (tertiary/aromatic N) is 1. The monoisotopic (exact) mass is 425 g/mol. The van der Waals surface area contributed by atoms with Crippen LogP contribution in [0.4, 0.5) is 0 Å². The van der Waals surface area contributed by atoms with Gasteiger partial charge < -0.3 is 19.1 Å². The lowest BCUT2D eigenvalue weighted by Gasteiger charge is -2.27. The second-order valence-electron chi connectivity index (χ2n) is 6.69. The first-order chi connectivity index (χ1) is 13.8. The lowest BCUT2D eigenvalue weighted by Crippen LogP contribution is -2.43. The van der Waals surface area contributed by atoms with Gasteiger partial charge in [0.15, 0.2) is 16.4 Å². The van der Waals surface area contributed by atoms with E-state index in [0.717, 1.165) is 0 Å². The minimum atomic E-state index is -3.11. The van der Waals surface area contributed by atoms with Crippen LogP contribution in [0.5, 0.6) is 11.5 Å². The molecule has 1 aliphatic heterocycles. The third kappa shape index (κ3) is 6.49. The van der Waals surface area contributed by atoms with Gasteiger partial charge in [-0.1, -0.05) is 6.92 Å². The van der Waals surface area contributed by atoms with Crippen molar-refractivity contribution in [3.63, 3.8) is 0 Å². The molecule has 29 heavy (non-hydrogen) atoms. The molecule has 0 radical (unpaired) electrons. The molecule has 1 aliphatic rings. The van der Waals surface area contributed by atoms with Crippen LogP contribution in [0.15, 0.2) is 24.3 Å². The number of rotatable bonds is 9. The number of methoxy groups -OCH3 is 2. The number of carbonyl (C=O) groups excluding carboxylic acids is 2. The standard InChI is InChI=1S/C20H27NO7S/c1-4-10-21(16-9-11-29(24,25)14-16)19(22)13-28-20(23)8-6-15-5-7-17(26-2)12-18(15)27-3/h5-8,12,16H,4,9-11,13-14H2,1-3H3/b8-6+/t16-/m1/s1. The number of ether oxygens (including phenoxy) is 3. The summed E-state index contributed by atoms with van der Waals surface area (Å²) < 4.78 is 38.8. The molecule has 0 spiro atoms.